The van der Waals surface area contributed by atoms with Gasteiger partial charge in [0.25, 0.3) is 0 Å². The van der Waals surface area contributed by atoms with Crippen LogP contribution in [0.5, 0.6) is 0 Å². The molecule has 2 aliphatic heterocycles. The molecule has 3 fully saturated rings. The molecule has 2 amide bonds. The molecule has 1 saturated heterocycles. The molecule has 7 rings (SSSR count). The van der Waals surface area contributed by atoms with Crippen LogP contribution in [0.25, 0.3) is 16.7 Å². The highest BCUT2D eigenvalue weighted by atomic mass is 16.2. The third-order valence-electron chi connectivity index (χ3n) is 9.67. The summed E-state index contributed by atoms with van der Waals surface area (Å²) in [7, 11) is 0. The molecule has 196 valence electrons. The normalized spacial score (nSPS) is 24.9. The highest BCUT2D eigenvalue weighted by molar-refractivity contribution is 6.06. The number of nitrogens with zero attached hydrogens (tertiary/aromatic N) is 3. The second-order valence-corrected chi connectivity index (χ2v) is 11.8. The molecule has 0 radical (unpaired) electrons. The number of aliphatic imine (C=N–C) groups is 1. The molecule has 2 aliphatic carbocycles. The number of aromatic amines is 1. The Labute approximate surface area is 223 Å². The van der Waals surface area contributed by atoms with Gasteiger partial charge in [0.15, 0.2) is 0 Å². The van der Waals surface area contributed by atoms with E-state index in [0.29, 0.717) is 18.2 Å². The van der Waals surface area contributed by atoms with Gasteiger partial charge in [0.1, 0.15) is 5.65 Å². The highest BCUT2D eigenvalue weighted by Gasteiger charge is 2.47. The molecule has 2 saturated carbocycles. The number of rotatable bonds is 5. The summed E-state index contributed by atoms with van der Waals surface area (Å²) in [5, 5.41) is 4.59. The number of carbonyl (C=O) groups excluding carboxylic acids is 1. The third kappa shape index (κ3) is 3.82. The van der Waals surface area contributed by atoms with Gasteiger partial charge >= 0.3 is 6.03 Å². The van der Waals surface area contributed by atoms with Gasteiger partial charge in [-0.1, -0.05) is 36.8 Å². The van der Waals surface area contributed by atoms with Crippen LogP contribution in [0, 0.1) is 5.41 Å². The first-order valence-corrected chi connectivity index (χ1v) is 14.2. The molecule has 7 nitrogen and oxygen atoms in total. The molecule has 4 N–H and O–H groups in total. The highest BCUT2D eigenvalue weighted by Crippen LogP contribution is 2.44. The number of likely N-dealkylation sites (tertiary alicyclic amines) is 1. The van der Waals surface area contributed by atoms with Crippen molar-refractivity contribution in [3.63, 3.8) is 0 Å². The fourth-order valence-corrected chi connectivity index (χ4v) is 6.87. The van der Waals surface area contributed by atoms with Crippen LogP contribution >= 0.6 is 0 Å². The van der Waals surface area contributed by atoms with E-state index < -0.39 is 0 Å². The first kappa shape index (κ1) is 23.5. The Kier molecular flexibility index (Phi) is 5.57. The van der Waals surface area contributed by atoms with Crippen molar-refractivity contribution >= 4 is 28.5 Å². The van der Waals surface area contributed by atoms with E-state index in [2.05, 4.69) is 51.8 Å². The summed E-state index contributed by atoms with van der Waals surface area (Å²) in [4.78, 5) is 28.3. The summed E-state index contributed by atoms with van der Waals surface area (Å²) in [6, 6.07) is 12.6. The van der Waals surface area contributed by atoms with Crippen LogP contribution in [0.2, 0.25) is 0 Å². The molecular weight excluding hydrogens is 472 g/mol. The van der Waals surface area contributed by atoms with Crippen molar-refractivity contribution in [1.29, 1.82) is 0 Å². The summed E-state index contributed by atoms with van der Waals surface area (Å²) in [5.41, 5.74) is 12.5. The summed E-state index contributed by atoms with van der Waals surface area (Å²) in [6.07, 6.45) is 14.8. The number of nitrogens with two attached hydrogens (primary N) is 1. The van der Waals surface area contributed by atoms with Crippen molar-refractivity contribution in [3.8, 4) is 0 Å². The number of hydrogen-bond donors (Lipinski definition) is 3. The first-order valence-electron chi connectivity index (χ1n) is 14.2. The molecule has 4 aliphatic rings. The molecule has 38 heavy (non-hydrogen) atoms. The maximum Gasteiger partial charge on any atom is 0.318 e. The number of allylic oxidation sites excluding steroid dienone is 1. The molecule has 2 aromatic heterocycles. The van der Waals surface area contributed by atoms with Gasteiger partial charge in [0.2, 0.25) is 0 Å². The molecular formula is C31H36N6O. The van der Waals surface area contributed by atoms with Gasteiger partial charge < -0.3 is 20.9 Å². The summed E-state index contributed by atoms with van der Waals surface area (Å²) >= 11 is 0. The van der Waals surface area contributed by atoms with E-state index in [-0.39, 0.29) is 17.0 Å². The average molecular weight is 509 g/mol. The Balaban J connectivity index is 1.08. The van der Waals surface area contributed by atoms with Gasteiger partial charge in [-0.15, -0.1) is 0 Å². The second kappa shape index (κ2) is 9.00. The topological polar surface area (TPSA) is 99.4 Å². The third-order valence-corrected chi connectivity index (χ3v) is 9.67. The maximum absolute atomic E-state index is 13.5. The number of carbonyl (C=O) groups is 1. The lowest BCUT2D eigenvalue weighted by molar-refractivity contribution is 0.154. The van der Waals surface area contributed by atoms with E-state index in [1.165, 1.54) is 35.8 Å². The SMILES string of the molecule is NC(=CC1=NCCC12CCN(C(=O)NC1(c3ccccc3)CCC1)C2)c1cnc2[nH]cc(C3CCC3)c2c1. The number of aromatic nitrogens is 2. The summed E-state index contributed by atoms with van der Waals surface area (Å²) < 4.78 is 0. The van der Waals surface area contributed by atoms with Crippen LogP contribution in [0.4, 0.5) is 4.79 Å². The smallest absolute Gasteiger partial charge is 0.318 e. The Bertz CT molecular complexity index is 1430. The van der Waals surface area contributed by atoms with Gasteiger partial charge in [0, 0.05) is 59.8 Å². The standard InChI is InChI=1S/C31H36N6O/c32-26(22-16-24-25(21-6-4-7-21)19-35-28(24)34-18-22)17-27-30(12-14-33-27)13-15-37(20-30)29(38)36-31(10-5-11-31)23-8-2-1-3-9-23/h1-3,8-9,16-19,21H,4-7,10-15,20,32H2,(H,34,35)(H,36,38). The van der Waals surface area contributed by atoms with Crippen LogP contribution in [0.3, 0.4) is 0 Å². The Morgan fingerprint density at radius 1 is 1.13 bits per heavy atom. The minimum Gasteiger partial charge on any atom is -0.398 e. The minimum absolute atomic E-state index is 0.0410. The predicted molar refractivity (Wildman–Crippen MR) is 151 cm³/mol. The van der Waals surface area contributed by atoms with Crippen LogP contribution in [0.1, 0.15) is 74.0 Å². The monoisotopic (exact) mass is 508 g/mol. The zero-order chi connectivity index (χ0) is 25.7. The number of amides is 2. The predicted octanol–water partition coefficient (Wildman–Crippen LogP) is 5.46. The van der Waals surface area contributed by atoms with Gasteiger partial charge in [-0.2, -0.15) is 0 Å². The second-order valence-electron chi connectivity index (χ2n) is 11.8. The van der Waals surface area contributed by atoms with Gasteiger partial charge in [-0.3, -0.25) is 4.99 Å². The van der Waals surface area contributed by atoms with Crippen molar-refractivity contribution in [2.24, 2.45) is 16.1 Å². The van der Waals surface area contributed by atoms with Crippen molar-refractivity contribution in [2.45, 2.75) is 62.8 Å². The van der Waals surface area contributed by atoms with E-state index in [1.54, 1.807) is 0 Å². The largest absolute Gasteiger partial charge is 0.398 e. The van der Waals surface area contributed by atoms with Crippen molar-refractivity contribution in [3.05, 3.63) is 71.6 Å². The molecule has 3 aromatic rings. The van der Waals surface area contributed by atoms with E-state index in [4.69, 9.17) is 10.7 Å². The molecule has 1 atom stereocenters. The fraction of sp³-hybridized carbons (Fsp3) is 0.452. The zero-order valence-corrected chi connectivity index (χ0v) is 21.9. The Morgan fingerprint density at radius 3 is 2.71 bits per heavy atom. The number of hydrogen-bond acceptors (Lipinski definition) is 4. The molecule has 7 heteroatoms. The lowest BCUT2D eigenvalue weighted by atomic mass is 9.72. The van der Waals surface area contributed by atoms with E-state index in [1.807, 2.05) is 23.2 Å². The number of pyridine rings is 1. The van der Waals surface area contributed by atoms with Crippen molar-refractivity contribution < 1.29 is 4.79 Å². The lowest BCUT2D eigenvalue weighted by Gasteiger charge is -2.44. The number of benzene rings is 1. The van der Waals surface area contributed by atoms with Crippen molar-refractivity contribution in [2.75, 3.05) is 19.6 Å². The van der Waals surface area contributed by atoms with Crippen LogP contribution in [-0.2, 0) is 5.54 Å². The number of H-pyrrole nitrogens is 1. The van der Waals surface area contributed by atoms with Gasteiger partial charge in [0.05, 0.1) is 5.54 Å². The first-order chi connectivity index (χ1) is 18.6. The molecule has 1 unspecified atom stereocenters. The fourth-order valence-electron chi connectivity index (χ4n) is 6.87. The van der Waals surface area contributed by atoms with Crippen LogP contribution < -0.4 is 11.1 Å². The summed E-state index contributed by atoms with van der Waals surface area (Å²) in [6.45, 7) is 2.21. The van der Waals surface area contributed by atoms with Gasteiger partial charge in [-0.05, 0) is 74.1 Å². The number of fused-ring (bicyclic) bond motifs is 1. The van der Waals surface area contributed by atoms with E-state index in [9.17, 15) is 4.79 Å². The molecule has 1 aromatic carbocycles. The Hall–Kier alpha value is -3.61. The number of urea groups is 1. The van der Waals surface area contributed by atoms with E-state index in [0.717, 1.165) is 62.1 Å². The molecule has 1 spiro atoms. The summed E-state index contributed by atoms with van der Waals surface area (Å²) in [5.74, 6) is 0.630. The van der Waals surface area contributed by atoms with E-state index >= 15 is 0 Å². The van der Waals surface area contributed by atoms with Crippen LogP contribution in [0.15, 0.2) is 59.9 Å². The zero-order valence-electron chi connectivity index (χ0n) is 21.9. The average Bonchev–Trinajstić information content (AvgIpc) is 3.61. The lowest BCUT2D eigenvalue weighted by Crippen LogP contribution is -2.54. The van der Waals surface area contributed by atoms with Crippen LogP contribution in [-0.4, -0.2) is 46.2 Å². The van der Waals surface area contributed by atoms with Gasteiger partial charge in [-0.25, -0.2) is 9.78 Å². The maximum atomic E-state index is 13.5. The number of nitrogens with one attached hydrogen (secondary N) is 2. The quantitative estimate of drug-likeness (QED) is 0.427. The van der Waals surface area contributed by atoms with Crippen molar-refractivity contribution in [1.82, 2.24) is 20.2 Å². The molecule has 4 heterocycles. The Morgan fingerprint density at radius 2 is 1.97 bits per heavy atom. The molecule has 0 bridgehead atoms. The minimum atomic E-state index is -0.229.